The van der Waals surface area contributed by atoms with E-state index in [1.807, 2.05) is 13.0 Å². The number of halogens is 1. The number of carboxylic acid groups (broad SMARTS) is 1. The Labute approximate surface area is 191 Å². The van der Waals surface area contributed by atoms with Crippen LogP contribution in [0.5, 0.6) is 5.88 Å². The third kappa shape index (κ3) is 6.66. The van der Waals surface area contributed by atoms with Crippen molar-refractivity contribution in [2.24, 2.45) is 5.92 Å². The van der Waals surface area contributed by atoms with Gasteiger partial charge in [-0.05, 0) is 37.3 Å². The molecule has 10 nitrogen and oxygen atoms in total. The molecule has 0 unspecified atom stereocenters. The average Bonchev–Trinajstić information content (AvgIpc) is 3.63. The summed E-state index contributed by atoms with van der Waals surface area (Å²) >= 11 is 0. The van der Waals surface area contributed by atoms with Crippen molar-refractivity contribution in [3.8, 4) is 11.9 Å². The topological polar surface area (TPSA) is 141 Å². The van der Waals surface area contributed by atoms with E-state index in [0.717, 1.165) is 18.9 Å². The predicted octanol–water partition coefficient (Wildman–Crippen LogP) is 3.49. The minimum absolute atomic E-state index is 0.0235. The molecule has 0 radical (unpaired) electrons. The summed E-state index contributed by atoms with van der Waals surface area (Å²) in [6.45, 7) is 2.60. The number of methoxy groups -OCH3 is 1. The molecule has 1 aliphatic rings. The summed E-state index contributed by atoms with van der Waals surface area (Å²) in [5.41, 5.74) is 0.576. The Bertz CT molecular complexity index is 1010. The molecule has 0 aliphatic heterocycles. The van der Waals surface area contributed by atoms with Gasteiger partial charge in [0.25, 0.3) is 0 Å². The van der Waals surface area contributed by atoms with Crippen LogP contribution in [0.15, 0.2) is 24.4 Å². The number of hydrogen-bond donors (Lipinski definition) is 4. The van der Waals surface area contributed by atoms with Gasteiger partial charge < -0.3 is 30.5 Å². The van der Waals surface area contributed by atoms with E-state index in [9.17, 15) is 14.4 Å². The maximum absolute atomic E-state index is 14.8. The maximum Gasteiger partial charge on any atom is 0.404 e. The number of amides is 1. The van der Waals surface area contributed by atoms with Gasteiger partial charge in [0.1, 0.15) is 12.7 Å². The molecule has 0 bridgehead atoms. The SMILES string of the molecule is CC[C@H](NC(=O)O)[C@@H](Nc1nc(Nc2ccnc(OCCOC)c2)c(C#N)cc1F)C1CC1. The first-order chi connectivity index (χ1) is 15.9. The zero-order valence-electron chi connectivity index (χ0n) is 18.5. The van der Waals surface area contributed by atoms with E-state index < -0.39 is 18.0 Å². The van der Waals surface area contributed by atoms with Crippen molar-refractivity contribution >= 4 is 23.4 Å². The second-order valence-electron chi connectivity index (χ2n) is 7.65. The van der Waals surface area contributed by atoms with Crippen molar-refractivity contribution in [1.29, 1.82) is 5.26 Å². The molecule has 1 saturated carbocycles. The van der Waals surface area contributed by atoms with E-state index in [1.54, 1.807) is 19.2 Å². The van der Waals surface area contributed by atoms with Gasteiger partial charge in [-0.15, -0.1) is 0 Å². The van der Waals surface area contributed by atoms with Gasteiger partial charge in [0.05, 0.1) is 24.3 Å². The van der Waals surface area contributed by atoms with E-state index in [0.29, 0.717) is 31.2 Å². The molecule has 1 aliphatic carbocycles. The molecule has 2 aromatic heterocycles. The summed E-state index contributed by atoms with van der Waals surface area (Å²) in [4.78, 5) is 19.6. The number of pyridine rings is 2. The van der Waals surface area contributed by atoms with Crippen molar-refractivity contribution < 1.29 is 23.8 Å². The van der Waals surface area contributed by atoms with E-state index in [2.05, 4.69) is 25.9 Å². The number of nitrogens with zero attached hydrogens (tertiary/aromatic N) is 3. The van der Waals surface area contributed by atoms with Crippen LogP contribution in [0.3, 0.4) is 0 Å². The highest BCUT2D eigenvalue weighted by atomic mass is 19.1. The van der Waals surface area contributed by atoms with Crippen molar-refractivity contribution in [3.63, 3.8) is 0 Å². The van der Waals surface area contributed by atoms with Crippen molar-refractivity contribution in [2.75, 3.05) is 31.0 Å². The maximum atomic E-state index is 14.8. The number of rotatable bonds is 12. The van der Waals surface area contributed by atoms with E-state index >= 15 is 0 Å². The first-order valence-corrected chi connectivity index (χ1v) is 10.7. The largest absolute Gasteiger partial charge is 0.475 e. The number of anilines is 3. The van der Waals surface area contributed by atoms with E-state index in [-0.39, 0.29) is 29.2 Å². The number of aromatic nitrogens is 2. The summed E-state index contributed by atoms with van der Waals surface area (Å²) in [6, 6.07) is 5.61. The Kier molecular flexibility index (Phi) is 8.21. The number of carbonyl (C=O) groups is 1. The second-order valence-corrected chi connectivity index (χ2v) is 7.65. The second kappa shape index (κ2) is 11.3. The minimum Gasteiger partial charge on any atom is -0.475 e. The van der Waals surface area contributed by atoms with Gasteiger partial charge in [0, 0.05) is 25.1 Å². The molecule has 2 heterocycles. The summed E-state index contributed by atoms with van der Waals surface area (Å²) in [6.07, 6.45) is 2.77. The van der Waals surface area contributed by atoms with Gasteiger partial charge in [-0.1, -0.05) is 6.92 Å². The van der Waals surface area contributed by atoms with Gasteiger partial charge in [0.2, 0.25) is 5.88 Å². The van der Waals surface area contributed by atoms with Crippen LogP contribution >= 0.6 is 0 Å². The molecule has 176 valence electrons. The Balaban J connectivity index is 1.83. The standard InChI is InChI=1S/C22H27FN6O4/c1-3-17(27-22(30)31)19(13-4-5-13)28-21-16(23)10-14(12-24)20(29-21)26-15-6-7-25-18(11-15)33-9-8-32-2/h6-7,10-11,13,17,19,27H,3-5,8-9H2,1-2H3,(H,30,31)(H2,25,26,28,29)/t17-,19-/m0/s1. The van der Waals surface area contributed by atoms with Gasteiger partial charge in [-0.3, -0.25) is 0 Å². The van der Waals surface area contributed by atoms with Crippen molar-refractivity contribution in [1.82, 2.24) is 15.3 Å². The molecule has 4 N–H and O–H groups in total. The average molecular weight is 458 g/mol. The third-order valence-corrected chi connectivity index (χ3v) is 5.25. The number of ether oxygens (including phenoxy) is 2. The highest BCUT2D eigenvalue weighted by Crippen LogP contribution is 2.37. The normalized spacial score (nSPS) is 14.6. The van der Waals surface area contributed by atoms with E-state index in [4.69, 9.17) is 14.6 Å². The highest BCUT2D eigenvalue weighted by Gasteiger charge is 2.37. The first kappa shape index (κ1) is 24.0. The van der Waals surface area contributed by atoms with Gasteiger partial charge in [-0.25, -0.2) is 19.2 Å². The van der Waals surface area contributed by atoms with Crippen molar-refractivity contribution in [3.05, 3.63) is 35.8 Å². The molecule has 2 atom stereocenters. The molecule has 0 spiro atoms. The molecule has 1 amide bonds. The number of nitriles is 1. The minimum atomic E-state index is -1.13. The lowest BCUT2D eigenvalue weighted by molar-refractivity contribution is 0.144. The molecule has 33 heavy (non-hydrogen) atoms. The van der Waals surface area contributed by atoms with Gasteiger partial charge in [-0.2, -0.15) is 5.26 Å². The molecule has 0 saturated heterocycles. The Morgan fingerprint density at radius 3 is 2.79 bits per heavy atom. The summed E-state index contributed by atoms with van der Waals surface area (Å²) in [5.74, 6) is -0.0162. The van der Waals surface area contributed by atoms with Gasteiger partial charge >= 0.3 is 6.09 Å². The van der Waals surface area contributed by atoms with Crippen LogP contribution in [0, 0.1) is 23.1 Å². The molecule has 0 aromatic carbocycles. The zero-order chi connectivity index (χ0) is 23.8. The first-order valence-electron chi connectivity index (χ1n) is 10.7. The van der Waals surface area contributed by atoms with Crippen LogP contribution in [0.25, 0.3) is 0 Å². The molecular formula is C22H27FN6O4. The fourth-order valence-electron chi connectivity index (χ4n) is 3.47. The summed E-state index contributed by atoms with van der Waals surface area (Å²) < 4.78 is 25.2. The highest BCUT2D eigenvalue weighted by molar-refractivity contribution is 5.66. The Morgan fingerprint density at radius 1 is 1.36 bits per heavy atom. The third-order valence-electron chi connectivity index (χ3n) is 5.25. The quantitative estimate of drug-likeness (QED) is 0.352. The molecule has 2 aromatic rings. The fourth-order valence-corrected chi connectivity index (χ4v) is 3.47. The molecule has 3 rings (SSSR count). The Hall–Kier alpha value is -3.65. The lowest BCUT2D eigenvalue weighted by Gasteiger charge is -2.28. The van der Waals surface area contributed by atoms with Gasteiger partial charge in [0.15, 0.2) is 17.5 Å². The van der Waals surface area contributed by atoms with Crippen LogP contribution in [-0.4, -0.2) is 53.6 Å². The zero-order valence-corrected chi connectivity index (χ0v) is 18.5. The number of hydrogen-bond acceptors (Lipinski definition) is 8. The van der Waals surface area contributed by atoms with Crippen LogP contribution < -0.4 is 20.7 Å². The number of nitrogens with one attached hydrogen (secondary N) is 3. The molecular weight excluding hydrogens is 431 g/mol. The summed E-state index contributed by atoms with van der Waals surface area (Å²) in [5, 5.41) is 27.2. The monoisotopic (exact) mass is 458 g/mol. The Morgan fingerprint density at radius 2 is 2.15 bits per heavy atom. The van der Waals surface area contributed by atoms with Crippen LogP contribution in [0.1, 0.15) is 31.7 Å². The van der Waals surface area contributed by atoms with E-state index in [1.165, 1.54) is 6.20 Å². The van der Waals surface area contributed by atoms with Crippen molar-refractivity contribution in [2.45, 2.75) is 38.3 Å². The molecule has 11 heteroatoms. The van der Waals surface area contributed by atoms with Crippen LogP contribution in [0.2, 0.25) is 0 Å². The predicted molar refractivity (Wildman–Crippen MR) is 119 cm³/mol. The lowest BCUT2D eigenvalue weighted by Crippen LogP contribution is -2.47. The summed E-state index contributed by atoms with van der Waals surface area (Å²) in [7, 11) is 1.57. The van der Waals surface area contributed by atoms with Crippen LogP contribution in [0.4, 0.5) is 26.5 Å². The molecule has 1 fully saturated rings. The fraction of sp³-hybridized carbons (Fsp3) is 0.455. The van der Waals surface area contributed by atoms with Crippen LogP contribution in [-0.2, 0) is 4.74 Å². The lowest BCUT2D eigenvalue weighted by atomic mass is 10.0. The smallest absolute Gasteiger partial charge is 0.404 e.